The van der Waals surface area contributed by atoms with Crippen molar-refractivity contribution in [2.75, 3.05) is 5.75 Å². The van der Waals surface area contributed by atoms with Gasteiger partial charge in [-0.25, -0.2) is 4.39 Å². The van der Waals surface area contributed by atoms with E-state index in [9.17, 15) is 14.0 Å². The largest absolute Gasteiger partial charge is 0.352 e. The number of benzene rings is 3. The Morgan fingerprint density at radius 3 is 2.34 bits per heavy atom. The average Bonchev–Trinajstić information content (AvgIpc) is 2.93. The monoisotopic (exact) mass is 532 g/mol. The molecule has 0 radical (unpaired) electrons. The number of hydrogen-bond donors (Lipinski definition) is 1. The summed E-state index contributed by atoms with van der Waals surface area (Å²) < 4.78 is 13.6. The lowest BCUT2D eigenvalue weighted by atomic mass is 9.94. The molecule has 3 aromatic carbocycles. The highest BCUT2D eigenvalue weighted by atomic mass is 32.2. The molecule has 0 heterocycles. The van der Waals surface area contributed by atoms with Gasteiger partial charge in [0.25, 0.3) is 0 Å². The minimum Gasteiger partial charge on any atom is -0.352 e. The van der Waals surface area contributed by atoms with Gasteiger partial charge in [-0.3, -0.25) is 9.59 Å². The minimum absolute atomic E-state index is 0.0910. The standard InChI is InChI=1S/C32H37FN2O2S/c1-24-9-8-12-27(19-24)22-38-23-31(36)35(21-26-15-17-28(33)18-16-26)30(20-25-10-4-2-5-11-25)32(37)34-29-13-6-3-7-14-29/h2,4-5,8-12,15-19,29-30H,3,6-7,13-14,20-23H2,1H3,(H,34,37)/t30-/m0/s1. The molecule has 0 bridgehead atoms. The predicted molar refractivity (Wildman–Crippen MR) is 153 cm³/mol. The van der Waals surface area contributed by atoms with E-state index >= 15 is 0 Å². The SMILES string of the molecule is Cc1cccc(CSCC(=O)N(Cc2ccc(F)cc2)[C@@H](Cc2ccccc2)C(=O)NC2CCCCC2)c1. The molecule has 1 fully saturated rings. The van der Waals surface area contributed by atoms with Crippen LogP contribution in [0, 0.1) is 12.7 Å². The van der Waals surface area contributed by atoms with Crippen LogP contribution < -0.4 is 5.32 Å². The van der Waals surface area contributed by atoms with Crippen molar-refractivity contribution < 1.29 is 14.0 Å². The fraction of sp³-hybridized carbons (Fsp3) is 0.375. The third-order valence-electron chi connectivity index (χ3n) is 7.07. The Kier molecular flexibility index (Phi) is 10.4. The second kappa shape index (κ2) is 14.1. The zero-order chi connectivity index (χ0) is 26.7. The number of thioether (sulfide) groups is 1. The van der Waals surface area contributed by atoms with Gasteiger partial charge in [0, 0.05) is 24.8 Å². The fourth-order valence-electron chi connectivity index (χ4n) is 5.03. The van der Waals surface area contributed by atoms with Crippen LogP contribution in [0.3, 0.4) is 0 Å². The van der Waals surface area contributed by atoms with Gasteiger partial charge in [0.2, 0.25) is 11.8 Å². The van der Waals surface area contributed by atoms with E-state index in [1.54, 1.807) is 28.8 Å². The maximum absolute atomic E-state index is 13.8. The van der Waals surface area contributed by atoms with Gasteiger partial charge < -0.3 is 10.2 Å². The summed E-state index contributed by atoms with van der Waals surface area (Å²) in [5, 5.41) is 3.26. The van der Waals surface area contributed by atoms with E-state index in [2.05, 4.69) is 30.4 Å². The smallest absolute Gasteiger partial charge is 0.243 e. The van der Waals surface area contributed by atoms with Gasteiger partial charge in [0.1, 0.15) is 11.9 Å². The molecule has 4 rings (SSSR count). The van der Waals surface area contributed by atoms with Crippen molar-refractivity contribution in [1.82, 2.24) is 10.2 Å². The van der Waals surface area contributed by atoms with E-state index in [4.69, 9.17) is 0 Å². The third kappa shape index (κ3) is 8.45. The molecular weight excluding hydrogens is 495 g/mol. The van der Waals surface area contributed by atoms with Crippen LogP contribution in [0.2, 0.25) is 0 Å². The van der Waals surface area contributed by atoms with Gasteiger partial charge >= 0.3 is 0 Å². The van der Waals surface area contributed by atoms with Crippen LogP contribution in [-0.4, -0.2) is 34.6 Å². The molecule has 38 heavy (non-hydrogen) atoms. The van der Waals surface area contributed by atoms with Crippen molar-refractivity contribution in [3.8, 4) is 0 Å². The molecule has 0 unspecified atom stereocenters. The molecule has 1 saturated carbocycles. The molecule has 1 N–H and O–H groups in total. The Labute approximate surface area is 230 Å². The Hall–Kier alpha value is -3.12. The number of amides is 2. The first kappa shape index (κ1) is 27.9. The molecule has 0 saturated heterocycles. The zero-order valence-electron chi connectivity index (χ0n) is 22.1. The Bertz CT molecular complexity index is 1180. The first-order valence-corrected chi connectivity index (χ1v) is 14.6. The van der Waals surface area contributed by atoms with Crippen LogP contribution >= 0.6 is 11.8 Å². The van der Waals surface area contributed by atoms with Crippen LogP contribution in [0.15, 0.2) is 78.9 Å². The number of nitrogens with one attached hydrogen (secondary N) is 1. The maximum atomic E-state index is 13.8. The van der Waals surface area contributed by atoms with Crippen LogP contribution in [0.5, 0.6) is 0 Å². The topological polar surface area (TPSA) is 49.4 Å². The van der Waals surface area contributed by atoms with Gasteiger partial charge in [-0.05, 0) is 48.6 Å². The molecule has 1 aliphatic rings. The van der Waals surface area contributed by atoms with E-state index < -0.39 is 6.04 Å². The number of carbonyl (C=O) groups is 2. The van der Waals surface area contributed by atoms with Crippen molar-refractivity contribution >= 4 is 23.6 Å². The quantitative estimate of drug-likeness (QED) is 0.309. The Balaban J connectivity index is 1.56. The third-order valence-corrected chi connectivity index (χ3v) is 8.05. The summed E-state index contributed by atoms with van der Waals surface area (Å²) in [5.74, 6) is 0.454. The summed E-state index contributed by atoms with van der Waals surface area (Å²) in [5.41, 5.74) is 4.16. The molecule has 200 valence electrons. The molecule has 3 aromatic rings. The maximum Gasteiger partial charge on any atom is 0.243 e. The number of halogens is 1. The molecule has 1 aliphatic carbocycles. The van der Waals surface area contributed by atoms with Gasteiger partial charge in [-0.1, -0.05) is 91.6 Å². The van der Waals surface area contributed by atoms with Crippen molar-refractivity contribution in [2.45, 2.75) is 69.8 Å². The highest BCUT2D eigenvalue weighted by molar-refractivity contribution is 7.99. The molecule has 0 spiro atoms. The molecule has 2 amide bonds. The van der Waals surface area contributed by atoms with Gasteiger partial charge in [0.05, 0.1) is 5.75 Å². The van der Waals surface area contributed by atoms with E-state index in [0.717, 1.165) is 42.6 Å². The number of nitrogens with zero attached hydrogens (tertiary/aromatic N) is 1. The minimum atomic E-state index is -0.656. The second-order valence-electron chi connectivity index (χ2n) is 10.2. The van der Waals surface area contributed by atoms with E-state index in [0.29, 0.717) is 6.42 Å². The van der Waals surface area contributed by atoms with Gasteiger partial charge in [-0.2, -0.15) is 0 Å². The fourth-order valence-corrected chi connectivity index (χ4v) is 5.88. The van der Waals surface area contributed by atoms with Crippen molar-refractivity contribution in [3.63, 3.8) is 0 Å². The summed E-state index contributed by atoms with van der Waals surface area (Å²) >= 11 is 1.55. The van der Waals surface area contributed by atoms with Crippen LogP contribution in [0.25, 0.3) is 0 Å². The predicted octanol–water partition coefficient (Wildman–Crippen LogP) is 6.46. The van der Waals surface area contributed by atoms with E-state index in [1.807, 2.05) is 36.4 Å². The summed E-state index contributed by atoms with van der Waals surface area (Å²) in [6, 6.07) is 23.8. The molecule has 0 aromatic heterocycles. The van der Waals surface area contributed by atoms with Crippen LogP contribution in [0.1, 0.15) is 54.4 Å². The molecule has 4 nitrogen and oxygen atoms in total. The molecule has 1 atom stereocenters. The zero-order valence-corrected chi connectivity index (χ0v) is 22.9. The summed E-state index contributed by atoms with van der Waals surface area (Å²) in [6.45, 7) is 2.31. The average molecular weight is 533 g/mol. The molecular formula is C32H37FN2O2S. The number of carbonyl (C=O) groups excluding carboxylic acids is 2. The number of rotatable bonds is 11. The highest BCUT2D eigenvalue weighted by Crippen LogP contribution is 2.21. The van der Waals surface area contributed by atoms with Crippen molar-refractivity contribution in [1.29, 1.82) is 0 Å². The van der Waals surface area contributed by atoms with Crippen LogP contribution in [0.4, 0.5) is 4.39 Å². The summed E-state index contributed by atoms with van der Waals surface area (Å²) in [4.78, 5) is 29.2. The van der Waals surface area contributed by atoms with Crippen molar-refractivity contribution in [2.24, 2.45) is 0 Å². The number of hydrogen-bond acceptors (Lipinski definition) is 3. The molecule has 6 heteroatoms. The Morgan fingerprint density at radius 2 is 1.63 bits per heavy atom. The van der Waals surface area contributed by atoms with Gasteiger partial charge in [0.15, 0.2) is 0 Å². The van der Waals surface area contributed by atoms with Gasteiger partial charge in [-0.15, -0.1) is 11.8 Å². The summed E-state index contributed by atoms with van der Waals surface area (Å²) in [7, 11) is 0. The van der Waals surface area contributed by atoms with E-state index in [-0.39, 0.29) is 36.0 Å². The second-order valence-corrected chi connectivity index (χ2v) is 11.2. The molecule has 0 aliphatic heterocycles. The highest BCUT2D eigenvalue weighted by Gasteiger charge is 2.31. The normalized spacial score (nSPS) is 14.6. The lowest BCUT2D eigenvalue weighted by Gasteiger charge is -2.33. The van der Waals surface area contributed by atoms with Crippen LogP contribution in [-0.2, 0) is 28.3 Å². The van der Waals surface area contributed by atoms with E-state index in [1.165, 1.54) is 29.7 Å². The number of aryl methyl sites for hydroxylation is 1. The lowest BCUT2D eigenvalue weighted by molar-refractivity contribution is -0.139. The van der Waals surface area contributed by atoms with Crippen molar-refractivity contribution in [3.05, 3.63) is 107 Å². The first-order valence-electron chi connectivity index (χ1n) is 13.5. The summed E-state index contributed by atoms with van der Waals surface area (Å²) in [6.07, 6.45) is 5.80. The first-order chi connectivity index (χ1) is 18.5. The Morgan fingerprint density at radius 1 is 0.921 bits per heavy atom. The lowest BCUT2D eigenvalue weighted by Crippen LogP contribution is -2.53.